The predicted molar refractivity (Wildman–Crippen MR) is 177 cm³/mol. The average Bonchev–Trinajstić information content (AvgIpc) is 3.56. The first-order chi connectivity index (χ1) is 25.9. The van der Waals surface area contributed by atoms with Crippen LogP contribution in [0.25, 0.3) is 0 Å². The number of rotatable bonds is 14. The van der Waals surface area contributed by atoms with Crippen LogP contribution in [-0.4, -0.2) is 146 Å². The highest BCUT2D eigenvalue weighted by atomic mass is 79.9. The number of carbonyl (C=O) groups excluding carboxylic acids is 6. The lowest BCUT2D eigenvalue weighted by molar-refractivity contribution is -0.328. The number of amides is 1. The summed E-state index contributed by atoms with van der Waals surface area (Å²) < 4.78 is 111. The fraction of sp³-hybridized carbons (Fsp3) is 0.818. The lowest BCUT2D eigenvalue weighted by atomic mass is 9.87. The molecule has 0 saturated carbocycles. The second-order valence-electron chi connectivity index (χ2n) is 14.1. The third kappa shape index (κ3) is 11.3. The molecule has 56 heavy (non-hydrogen) atoms. The molecule has 11 atom stereocenters. The van der Waals surface area contributed by atoms with E-state index in [1.807, 2.05) is 0 Å². The summed E-state index contributed by atoms with van der Waals surface area (Å²) >= 11 is 3.12. The fourth-order valence-electron chi connectivity index (χ4n) is 6.68. The Bertz CT molecular complexity index is 1500. The number of alkyl halides is 4. The van der Waals surface area contributed by atoms with Crippen molar-refractivity contribution in [3.05, 3.63) is 0 Å². The smallest absolute Gasteiger partial charge is 0.462 e. The van der Waals surface area contributed by atoms with Crippen LogP contribution in [0.15, 0.2) is 0 Å². The second-order valence-corrected chi connectivity index (χ2v) is 14.8. The zero-order valence-corrected chi connectivity index (χ0v) is 33.3. The first-order valence-corrected chi connectivity index (χ1v) is 18.4. The van der Waals surface area contributed by atoms with E-state index < -0.39 is 140 Å². The van der Waals surface area contributed by atoms with Gasteiger partial charge in [0.1, 0.15) is 49.8 Å². The summed E-state index contributed by atoms with van der Waals surface area (Å²) in [6.07, 6.45) is -19.3. The van der Waals surface area contributed by atoms with Gasteiger partial charge in [0, 0.05) is 33.0 Å². The van der Waals surface area contributed by atoms with Gasteiger partial charge in [-0.3, -0.25) is 24.0 Å². The lowest BCUT2D eigenvalue weighted by Gasteiger charge is -2.49. The van der Waals surface area contributed by atoms with E-state index in [9.17, 15) is 41.9 Å². The summed E-state index contributed by atoms with van der Waals surface area (Å²) in [6, 6.07) is -2.12. The van der Waals surface area contributed by atoms with Crippen molar-refractivity contribution < 1.29 is 98.8 Å². The lowest BCUT2D eigenvalue weighted by Crippen LogP contribution is -2.70. The zero-order valence-electron chi connectivity index (χ0n) is 31.7. The Morgan fingerprint density at radius 2 is 1.41 bits per heavy atom. The second kappa shape index (κ2) is 17.7. The molecular formula is C33H45BrF3NO18. The van der Waals surface area contributed by atoms with Crippen LogP contribution in [0, 0.1) is 0 Å². The van der Waals surface area contributed by atoms with Crippen LogP contribution in [-0.2, 0) is 85.6 Å². The molecule has 4 saturated heterocycles. The minimum atomic E-state index is -5.53. The summed E-state index contributed by atoms with van der Waals surface area (Å²) in [4.78, 5) is 75.8. The minimum absolute atomic E-state index is 0.0782. The molecule has 1 N–H and O–H groups in total. The van der Waals surface area contributed by atoms with Gasteiger partial charge in [-0.2, -0.15) is 13.2 Å². The van der Waals surface area contributed by atoms with Crippen molar-refractivity contribution in [1.29, 1.82) is 0 Å². The summed E-state index contributed by atoms with van der Waals surface area (Å²) in [5, 5.41) is 1.75. The van der Waals surface area contributed by atoms with Gasteiger partial charge in [0.2, 0.25) is 0 Å². The molecule has 0 radical (unpaired) electrons. The summed E-state index contributed by atoms with van der Waals surface area (Å²) in [5.41, 5.74) is 0. The van der Waals surface area contributed by atoms with Gasteiger partial charge in [0.25, 0.3) is 5.79 Å². The van der Waals surface area contributed by atoms with E-state index in [0.717, 1.165) is 27.7 Å². The zero-order chi connectivity index (χ0) is 42.0. The van der Waals surface area contributed by atoms with Crippen molar-refractivity contribution in [2.24, 2.45) is 0 Å². The van der Waals surface area contributed by atoms with Gasteiger partial charge in [-0.15, -0.1) is 0 Å². The number of ether oxygens (including phenoxy) is 12. The molecule has 0 aromatic heterocycles. The van der Waals surface area contributed by atoms with E-state index in [-0.39, 0.29) is 11.9 Å². The molecule has 23 heteroatoms. The summed E-state index contributed by atoms with van der Waals surface area (Å²) in [5.74, 6) is -13.1. The Morgan fingerprint density at radius 3 is 1.98 bits per heavy atom. The number of carbonyl (C=O) groups is 6. The maximum absolute atomic E-state index is 14.1. The number of hydrogen-bond acceptors (Lipinski definition) is 18. The average molecular weight is 881 g/mol. The van der Waals surface area contributed by atoms with Crippen molar-refractivity contribution in [2.75, 3.05) is 25.2 Å². The maximum atomic E-state index is 14.1. The molecule has 1 amide bonds. The summed E-state index contributed by atoms with van der Waals surface area (Å²) in [7, 11) is 0. The molecule has 4 fully saturated rings. The molecule has 0 aromatic rings. The quantitative estimate of drug-likeness (QED) is 0.147. The Labute approximate surface area is 327 Å². The van der Waals surface area contributed by atoms with Crippen molar-refractivity contribution in [3.8, 4) is 0 Å². The first kappa shape index (κ1) is 45.5. The maximum Gasteiger partial charge on any atom is 0.471 e. The minimum Gasteiger partial charge on any atom is -0.462 e. The SMILES string of the molecule is CC(=O)OC[C@@H](OC(C)=O)[C@@H](OC(C)=O)[C@@H]1O[C@@](OC[C@H]2O[C@@H]3OC(C)(C)O[C@@H]3[C@H]3OC(C)(C)O[C@H]32)(C(=O)OCCBr)C[C@H](OC(C)=O)[C@H]1NC(=O)C(F)(F)F. The molecule has 0 bridgehead atoms. The monoisotopic (exact) mass is 879 g/mol. The van der Waals surface area contributed by atoms with Gasteiger partial charge in [0.05, 0.1) is 19.1 Å². The van der Waals surface area contributed by atoms with Crippen LogP contribution >= 0.6 is 15.9 Å². The standard InChI is InChI=1S/C33H45BrF3NO18/c1-14(39)46-12-19(49-16(3)41)22(50-17(4)42)24-21(38-28(43)33(35,36)37)18(48-15(2)40)11-32(55-24,29(44)45-10-9-34)47-13-20-23-25(53-30(5,6)52-23)26-27(51-20)56-31(7,8)54-26/h18-27H,9-13H2,1-8H3,(H,38,43)/t18-,19+,20+,21+,22+,23-,24+,25-,26+,27+,32+/m0/s1. The van der Waals surface area contributed by atoms with Crippen molar-refractivity contribution >= 4 is 51.7 Å². The molecular weight excluding hydrogens is 835 g/mol. The van der Waals surface area contributed by atoms with Crippen LogP contribution in [0.1, 0.15) is 61.8 Å². The topological polar surface area (TPSA) is 225 Å². The number of esters is 5. The van der Waals surface area contributed by atoms with E-state index in [4.69, 9.17) is 56.8 Å². The molecule has 318 valence electrons. The highest BCUT2D eigenvalue weighted by Crippen LogP contribution is 2.45. The van der Waals surface area contributed by atoms with Gasteiger partial charge < -0.3 is 62.2 Å². The van der Waals surface area contributed by atoms with Crippen molar-refractivity contribution in [3.63, 3.8) is 0 Å². The van der Waals surface area contributed by atoms with Crippen LogP contribution in [0.2, 0.25) is 0 Å². The number of halogens is 4. The largest absolute Gasteiger partial charge is 0.471 e. The van der Waals surface area contributed by atoms with Crippen molar-refractivity contribution in [2.45, 2.75) is 147 Å². The van der Waals surface area contributed by atoms with Gasteiger partial charge in [-0.25, -0.2) is 4.79 Å². The van der Waals surface area contributed by atoms with Crippen LogP contribution in [0.4, 0.5) is 13.2 Å². The molecule has 0 unspecified atom stereocenters. The summed E-state index contributed by atoms with van der Waals surface area (Å²) in [6.45, 7) is 8.40. The Morgan fingerprint density at radius 1 is 0.804 bits per heavy atom. The molecule has 0 aliphatic carbocycles. The third-order valence-corrected chi connectivity index (χ3v) is 8.86. The van der Waals surface area contributed by atoms with E-state index in [1.165, 1.54) is 0 Å². The van der Waals surface area contributed by atoms with Crippen LogP contribution < -0.4 is 5.32 Å². The van der Waals surface area contributed by atoms with E-state index >= 15 is 0 Å². The third-order valence-electron chi connectivity index (χ3n) is 8.54. The number of fused-ring (bicyclic) bond motifs is 3. The van der Waals surface area contributed by atoms with Crippen LogP contribution in [0.3, 0.4) is 0 Å². The number of hydrogen-bond donors (Lipinski definition) is 1. The van der Waals surface area contributed by atoms with E-state index in [0.29, 0.717) is 0 Å². The molecule has 19 nitrogen and oxygen atoms in total. The van der Waals surface area contributed by atoms with Gasteiger partial charge >= 0.3 is 41.9 Å². The Kier molecular flexibility index (Phi) is 14.4. The van der Waals surface area contributed by atoms with E-state index in [2.05, 4.69) is 15.9 Å². The molecule has 4 aliphatic heterocycles. The molecule has 4 heterocycles. The highest BCUT2D eigenvalue weighted by Gasteiger charge is 2.64. The van der Waals surface area contributed by atoms with Crippen molar-refractivity contribution in [1.82, 2.24) is 5.32 Å². The van der Waals surface area contributed by atoms with Gasteiger partial charge in [-0.1, -0.05) is 15.9 Å². The Balaban J connectivity index is 1.85. The molecule has 0 aromatic carbocycles. The van der Waals surface area contributed by atoms with E-state index in [1.54, 1.807) is 33.0 Å². The number of nitrogens with one attached hydrogen (secondary N) is 1. The van der Waals surface area contributed by atoms with Gasteiger partial charge in [-0.05, 0) is 27.7 Å². The normalized spacial score (nSPS) is 32.8. The predicted octanol–water partition coefficient (Wildman–Crippen LogP) is 1.23. The Hall–Kier alpha value is -3.19. The molecule has 4 aliphatic rings. The van der Waals surface area contributed by atoms with Crippen LogP contribution in [0.5, 0.6) is 0 Å². The fourth-order valence-corrected chi connectivity index (χ4v) is 6.84. The highest BCUT2D eigenvalue weighted by molar-refractivity contribution is 9.09. The molecule has 4 rings (SSSR count). The van der Waals surface area contributed by atoms with Gasteiger partial charge in [0.15, 0.2) is 30.1 Å². The first-order valence-electron chi connectivity index (χ1n) is 17.3. The molecule has 0 spiro atoms.